The minimum atomic E-state index is -0.356. The first-order valence-corrected chi connectivity index (χ1v) is 6.24. The van der Waals surface area contributed by atoms with Crippen molar-refractivity contribution >= 4 is 11.9 Å². The first kappa shape index (κ1) is 12.6. The number of piperidine rings is 1. The van der Waals surface area contributed by atoms with Crippen LogP contribution in [-0.2, 0) is 4.79 Å². The second kappa shape index (κ2) is 5.67. The van der Waals surface area contributed by atoms with Crippen LogP contribution in [0, 0.1) is 0 Å². The maximum absolute atomic E-state index is 12.2. The lowest BCUT2D eigenvalue weighted by Crippen LogP contribution is -2.35. The molecule has 1 aliphatic rings. The fraction of sp³-hybridized carbons (Fsp3) is 0.429. The minimum Gasteiger partial charge on any atom is -0.427 e. The van der Waals surface area contributed by atoms with E-state index in [1.165, 1.54) is 13.3 Å². The summed E-state index contributed by atoms with van der Waals surface area (Å²) in [5.74, 6) is 0.173. The molecule has 1 aromatic rings. The van der Waals surface area contributed by atoms with Gasteiger partial charge in [-0.25, -0.2) is 0 Å². The number of carbonyl (C=O) groups excluding carboxylic acids is 2. The van der Waals surface area contributed by atoms with Crippen molar-refractivity contribution in [1.82, 2.24) is 4.90 Å². The molecule has 1 saturated heterocycles. The zero-order chi connectivity index (χ0) is 13.0. The molecule has 1 aromatic carbocycles. The van der Waals surface area contributed by atoms with E-state index < -0.39 is 0 Å². The Kier molecular flexibility index (Phi) is 3.97. The van der Waals surface area contributed by atoms with Crippen molar-refractivity contribution in [2.45, 2.75) is 26.2 Å². The van der Waals surface area contributed by atoms with Gasteiger partial charge in [-0.05, 0) is 43.5 Å². The Morgan fingerprint density at radius 2 is 1.67 bits per heavy atom. The van der Waals surface area contributed by atoms with Crippen LogP contribution in [0.5, 0.6) is 5.75 Å². The summed E-state index contributed by atoms with van der Waals surface area (Å²) in [5, 5.41) is 0. The van der Waals surface area contributed by atoms with E-state index in [-0.39, 0.29) is 11.9 Å². The molecule has 0 radical (unpaired) electrons. The number of hydrogen-bond acceptors (Lipinski definition) is 3. The Bertz CT molecular complexity index is 433. The molecule has 4 nitrogen and oxygen atoms in total. The van der Waals surface area contributed by atoms with Gasteiger partial charge in [-0.1, -0.05) is 0 Å². The van der Waals surface area contributed by atoms with Crippen LogP contribution >= 0.6 is 0 Å². The number of ether oxygens (including phenoxy) is 1. The van der Waals surface area contributed by atoms with Crippen LogP contribution in [0.15, 0.2) is 24.3 Å². The number of likely N-dealkylation sites (tertiary alicyclic amines) is 1. The number of rotatable bonds is 2. The highest BCUT2D eigenvalue weighted by molar-refractivity contribution is 5.94. The molecule has 0 atom stereocenters. The fourth-order valence-electron chi connectivity index (χ4n) is 2.11. The molecule has 0 saturated carbocycles. The summed E-state index contributed by atoms with van der Waals surface area (Å²) in [6.07, 6.45) is 3.36. The molecule has 1 amide bonds. The highest BCUT2D eigenvalue weighted by Crippen LogP contribution is 2.16. The molecule has 0 N–H and O–H groups in total. The van der Waals surface area contributed by atoms with E-state index in [1.54, 1.807) is 24.3 Å². The van der Waals surface area contributed by atoms with Crippen LogP contribution in [0.3, 0.4) is 0 Å². The van der Waals surface area contributed by atoms with Gasteiger partial charge in [-0.3, -0.25) is 9.59 Å². The van der Waals surface area contributed by atoms with Gasteiger partial charge in [0.25, 0.3) is 5.91 Å². The summed E-state index contributed by atoms with van der Waals surface area (Å²) >= 11 is 0. The van der Waals surface area contributed by atoms with E-state index >= 15 is 0 Å². The molecule has 1 fully saturated rings. The summed E-state index contributed by atoms with van der Waals surface area (Å²) in [6.45, 7) is 3.03. The van der Waals surface area contributed by atoms with Crippen molar-refractivity contribution < 1.29 is 14.3 Å². The van der Waals surface area contributed by atoms with Gasteiger partial charge in [-0.2, -0.15) is 0 Å². The quantitative estimate of drug-likeness (QED) is 0.594. The molecule has 0 bridgehead atoms. The monoisotopic (exact) mass is 247 g/mol. The molecule has 4 heteroatoms. The third-order valence-corrected chi connectivity index (χ3v) is 3.01. The average molecular weight is 247 g/mol. The Morgan fingerprint density at radius 1 is 1.06 bits per heavy atom. The van der Waals surface area contributed by atoms with E-state index in [0.29, 0.717) is 11.3 Å². The van der Waals surface area contributed by atoms with E-state index in [0.717, 1.165) is 25.9 Å². The van der Waals surface area contributed by atoms with Crippen molar-refractivity contribution in [3.63, 3.8) is 0 Å². The van der Waals surface area contributed by atoms with Crippen molar-refractivity contribution in [2.75, 3.05) is 13.1 Å². The number of carbonyl (C=O) groups is 2. The molecule has 18 heavy (non-hydrogen) atoms. The van der Waals surface area contributed by atoms with Crippen molar-refractivity contribution in [1.29, 1.82) is 0 Å². The van der Waals surface area contributed by atoms with Crippen LogP contribution in [0.25, 0.3) is 0 Å². The molecular formula is C14H17NO3. The molecule has 2 rings (SSSR count). The lowest BCUT2D eigenvalue weighted by molar-refractivity contribution is -0.131. The molecule has 0 aromatic heterocycles. The highest BCUT2D eigenvalue weighted by atomic mass is 16.5. The smallest absolute Gasteiger partial charge is 0.308 e. The van der Waals surface area contributed by atoms with Crippen LogP contribution in [-0.4, -0.2) is 29.9 Å². The zero-order valence-corrected chi connectivity index (χ0v) is 10.5. The standard InChI is InChI=1S/C14H17NO3/c1-11(16)18-13-7-5-12(6-8-13)14(17)15-9-3-2-4-10-15/h5-8H,2-4,9-10H2,1H3. The average Bonchev–Trinajstić information content (AvgIpc) is 2.39. The molecular weight excluding hydrogens is 230 g/mol. The van der Waals surface area contributed by atoms with Gasteiger partial charge in [-0.15, -0.1) is 0 Å². The van der Waals surface area contributed by atoms with Gasteiger partial charge < -0.3 is 9.64 Å². The van der Waals surface area contributed by atoms with Crippen LogP contribution in [0.4, 0.5) is 0 Å². The SMILES string of the molecule is CC(=O)Oc1ccc(C(=O)N2CCCCC2)cc1. The number of hydrogen-bond donors (Lipinski definition) is 0. The van der Waals surface area contributed by atoms with Crippen molar-refractivity contribution in [3.8, 4) is 5.75 Å². The molecule has 0 spiro atoms. The topological polar surface area (TPSA) is 46.6 Å². The lowest BCUT2D eigenvalue weighted by Gasteiger charge is -2.26. The maximum atomic E-state index is 12.2. The first-order chi connectivity index (χ1) is 8.66. The molecule has 0 aliphatic carbocycles. The highest BCUT2D eigenvalue weighted by Gasteiger charge is 2.17. The predicted octanol–water partition coefficient (Wildman–Crippen LogP) is 2.24. The Morgan fingerprint density at radius 3 is 2.22 bits per heavy atom. The molecule has 1 aliphatic heterocycles. The summed E-state index contributed by atoms with van der Waals surface area (Å²) in [7, 11) is 0. The van der Waals surface area contributed by atoms with Crippen LogP contribution in [0.1, 0.15) is 36.5 Å². The van der Waals surface area contributed by atoms with Crippen molar-refractivity contribution in [3.05, 3.63) is 29.8 Å². The zero-order valence-electron chi connectivity index (χ0n) is 10.5. The maximum Gasteiger partial charge on any atom is 0.308 e. The Hall–Kier alpha value is -1.84. The van der Waals surface area contributed by atoms with E-state index in [1.807, 2.05) is 4.90 Å². The predicted molar refractivity (Wildman–Crippen MR) is 67.5 cm³/mol. The van der Waals surface area contributed by atoms with Gasteiger partial charge in [0, 0.05) is 25.6 Å². The lowest BCUT2D eigenvalue weighted by atomic mass is 10.1. The summed E-state index contributed by atoms with van der Waals surface area (Å²) in [4.78, 5) is 24.8. The summed E-state index contributed by atoms with van der Waals surface area (Å²) in [5.41, 5.74) is 0.646. The minimum absolute atomic E-state index is 0.0593. The molecule has 1 heterocycles. The van der Waals surface area contributed by atoms with E-state index in [4.69, 9.17) is 4.74 Å². The number of esters is 1. The van der Waals surface area contributed by atoms with Gasteiger partial charge in [0.2, 0.25) is 0 Å². The second-order valence-corrected chi connectivity index (χ2v) is 4.47. The third-order valence-electron chi connectivity index (χ3n) is 3.01. The van der Waals surface area contributed by atoms with E-state index in [2.05, 4.69) is 0 Å². The number of nitrogens with zero attached hydrogens (tertiary/aromatic N) is 1. The fourth-order valence-corrected chi connectivity index (χ4v) is 2.11. The van der Waals surface area contributed by atoms with Gasteiger partial charge >= 0.3 is 5.97 Å². The van der Waals surface area contributed by atoms with Gasteiger partial charge in [0.1, 0.15) is 5.75 Å². The molecule has 0 unspecified atom stereocenters. The molecule has 96 valence electrons. The third kappa shape index (κ3) is 3.09. The number of benzene rings is 1. The summed E-state index contributed by atoms with van der Waals surface area (Å²) < 4.78 is 4.93. The Balaban J connectivity index is 2.04. The largest absolute Gasteiger partial charge is 0.427 e. The van der Waals surface area contributed by atoms with Crippen LogP contribution < -0.4 is 4.74 Å². The van der Waals surface area contributed by atoms with E-state index in [9.17, 15) is 9.59 Å². The van der Waals surface area contributed by atoms with Gasteiger partial charge in [0.15, 0.2) is 0 Å². The summed E-state index contributed by atoms with van der Waals surface area (Å²) in [6, 6.07) is 6.71. The van der Waals surface area contributed by atoms with Gasteiger partial charge in [0.05, 0.1) is 0 Å². The second-order valence-electron chi connectivity index (χ2n) is 4.47. The first-order valence-electron chi connectivity index (χ1n) is 6.24. The van der Waals surface area contributed by atoms with Crippen molar-refractivity contribution in [2.24, 2.45) is 0 Å². The normalized spacial score (nSPS) is 15.3. The van der Waals surface area contributed by atoms with Crippen LogP contribution in [0.2, 0.25) is 0 Å². The Labute approximate surface area is 107 Å². The number of amides is 1.